The van der Waals surface area contributed by atoms with Gasteiger partial charge in [-0.15, -0.1) is 0 Å². The molecule has 0 saturated heterocycles. The minimum Gasteiger partial charge on any atom is -0.726 e. The number of hydrogen-bond acceptors (Lipinski definition) is 9. The topological polar surface area (TPSA) is 171 Å². The average molecular weight is 582 g/mol. The summed E-state index contributed by atoms with van der Waals surface area (Å²) >= 11 is 0. The van der Waals surface area contributed by atoms with Crippen LogP contribution in [-0.4, -0.2) is 44.4 Å². The number of aryl methyl sites for hydroxylation is 1. The lowest BCUT2D eigenvalue weighted by Crippen LogP contribution is -2.31. The Morgan fingerprint density at radius 2 is 1.32 bits per heavy atom. The van der Waals surface area contributed by atoms with Gasteiger partial charge in [-0.25, -0.2) is 31.5 Å². The monoisotopic (exact) mass is 581 g/mol. The molecular formula is C26H23N5O7S2. The van der Waals surface area contributed by atoms with Crippen molar-refractivity contribution in [1.29, 1.82) is 0 Å². The lowest BCUT2D eigenvalue weighted by molar-refractivity contribution is -0.617. The summed E-state index contributed by atoms with van der Waals surface area (Å²) in [4.78, 5) is 21.2. The lowest BCUT2D eigenvalue weighted by atomic mass is 10.0. The molecule has 3 aromatic carbocycles. The van der Waals surface area contributed by atoms with E-state index < -0.39 is 20.4 Å². The van der Waals surface area contributed by atoms with Crippen molar-refractivity contribution in [1.82, 2.24) is 9.97 Å². The van der Waals surface area contributed by atoms with Crippen LogP contribution in [0.15, 0.2) is 96.2 Å². The van der Waals surface area contributed by atoms with Crippen molar-refractivity contribution in [3.63, 3.8) is 0 Å². The number of fused-ring (bicyclic) bond motifs is 2. The van der Waals surface area contributed by atoms with Crippen LogP contribution in [0, 0.1) is 0 Å². The summed E-state index contributed by atoms with van der Waals surface area (Å²) in [7, 11) is -5.50. The quantitative estimate of drug-likeness (QED) is 0.132. The molecule has 12 nitrogen and oxygen atoms in total. The predicted octanol–water partition coefficient (Wildman–Crippen LogP) is 2.75. The average Bonchev–Trinajstić information content (AvgIpc) is 2.94. The summed E-state index contributed by atoms with van der Waals surface area (Å²) < 4.78 is 60.6. The summed E-state index contributed by atoms with van der Waals surface area (Å²) in [5, 5.41) is 4.55. The fourth-order valence-electron chi connectivity index (χ4n) is 3.92. The van der Waals surface area contributed by atoms with Crippen LogP contribution in [0.4, 0.5) is 11.6 Å². The van der Waals surface area contributed by atoms with Crippen LogP contribution >= 0.6 is 0 Å². The number of carbonyl (C=O) groups excluding carboxylic acids is 1. The largest absolute Gasteiger partial charge is 0.726 e. The molecule has 0 aliphatic heterocycles. The molecule has 2 N–H and O–H groups in total. The molecule has 0 bridgehead atoms. The summed E-state index contributed by atoms with van der Waals surface area (Å²) in [6, 6.07) is 23.0. The molecule has 2 heterocycles. The summed E-state index contributed by atoms with van der Waals surface area (Å²) in [6.45, 7) is 0. The third kappa shape index (κ3) is 6.55. The van der Waals surface area contributed by atoms with Gasteiger partial charge in [-0.1, -0.05) is 24.3 Å². The normalized spacial score (nSPS) is 11.5. The van der Waals surface area contributed by atoms with Crippen LogP contribution in [0.25, 0.3) is 21.8 Å². The number of nitrogens with one attached hydrogen (secondary N) is 2. The van der Waals surface area contributed by atoms with Gasteiger partial charge in [0.2, 0.25) is 27.4 Å². The number of aromatic nitrogens is 3. The molecule has 0 atom stereocenters. The lowest BCUT2D eigenvalue weighted by Gasteiger charge is -2.11. The van der Waals surface area contributed by atoms with Crippen LogP contribution in [0.3, 0.4) is 0 Å². The molecule has 14 heteroatoms. The molecule has 0 saturated carbocycles. The van der Waals surface area contributed by atoms with Gasteiger partial charge in [0, 0.05) is 30.2 Å². The maximum absolute atomic E-state index is 13.4. The summed E-state index contributed by atoms with van der Waals surface area (Å²) in [5.41, 5.74) is 2.90. The molecule has 0 fully saturated rings. The SMILES string of the molecule is COS(=O)(=O)[O-].C[n+]1c2ccccc2c(C(=O)Nc2ccc(S(=O)(=O)Nc3ncccn3)cc2)c2ccccc21. The van der Waals surface area contributed by atoms with Gasteiger partial charge in [0.1, 0.15) is 7.05 Å². The van der Waals surface area contributed by atoms with Gasteiger partial charge < -0.3 is 9.87 Å². The van der Waals surface area contributed by atoms with Crippen molar-refractivity contribution >= 4 is 59.8 Å². The van der Waals surface area contributed by atoms with Crippen LogP contribution < -0.4 is 14.6 Å². The first-order valence-electron chi connectivity index (χ1n) is 11.5. The highest BCUT2D eigenvalue weighted by Crippen LogP contribution is 2.26. The Balaban J connectivity index is 0.000000557. The zero-order valence-electron chi connectivity index (χ0n) is 21.2. The Kier molecular flexibility index (Phi) is 8.35. The molecule has 0 aliphatic rings. The molecule has 206 valence electrons. The van der Waals surface area contributed by atoms with E-state index in [0.717, 1.165) is 28.9 Å². The summed E-state index contributed by atoms with van der Waals surface area (Å²) in [6.07, 6.45) is 2.89. The molecule has 0 unspecified atom stereocenters. The number of para-hydroxylation sites is 2. The number of amides is 1. The van der Waals surface area contributed by atoms with Crippen molar-refractivity contribution in [2.24, 2.45) is 7.05 Å². The Morgan fingerprint density at radius 3 is 1.82 bits per heavy atom. The Bertz CT molecular complexity index is 1840. The standard InChI is InChI=1S/C25H19N5O3S.CH4O4S/c1-30-21-9-4-2-7-19(21)23(20-8-3-5-10-22(20)30)24(31)28-17-11-13-18(14-12-17)34(32,33)29-25-26-15-6-16-27-25;1-5-6(2,3)4/h2-16H,1H3,(H-,26,27,28,29,31);1H3,(H,2,3,4). The zero-order valence-corrected chi connectivity index (χ0v) is 22.8. The highest BCUT2D eigenvalue weighted by Gasteiger charge is 2.22. The van der Waals surface area contributed by atoms with Gasteiger partial charge in [0.15, 0.2) is 0 Å². The molecule has 40 heavy (non-hydrogen) atoms. The van der Waals surface area contributed by atoms with Crippen molar-refractivity contribution in [3.8, 4) is 0 Å². The van der Waals surface area contributed by atoms with Crippen LogP contribution in [0.5, 0.6) is 0 Å². The number of nitrogens with zero attached hydrogens (tertiary/aromatic N) is 3. The maximum atomic E-state index is 13.4. The van der Waals surface area contributed by atoms with Gasteiger partial charge in [-0.2, -0.15) is 4.57 Å². The molecule has 5 aromatic rings. The number of pyridine rings is 1. The zero-order chi connectivity index (χ0) is 28.9. The molecular weight excluding hydrogens is 558 g/mol. The van der Waals surface area contributed by atoms with E-state index in [9.17, 15) is 26.2 Å². The van der Waals surface area contributed by atoms with E-state index in [2.05, 4.69) is 28.8 Å². The Labute approximate surface area is 230 Å². The van der Waals surface area contributed by atoms with Gasteiger partial charge >= 0.3 is 0 Å². The van der Waals surface area contributed by atoms with Gasteiger partial charge in [-0.3, -0.25) is 8.98 Å². The predicted molar refractivity (Wildman–Crippen MR) is 147 cm³/mol. The van der Waals surface area contributed by atoms with Crippen LogP contribution in [-0.2, 0) is 31.7 Å². The van der Waals surface area contributed by atoms with E-state index in [1.54, 1.807) is 18.2 Å². The fraction of sp³-hybridized carbons (Fsp3) is 0.0769. The second kappa shape index (κ2) is 11.7. The smallest absolute Gasteiger partial charge is 0.264 e. The van der Waals surface area contributed by atoms with Gasteiger partial charge in [0.05, 0.1) is 28.3 Å². The van der Waals surface area contributed by atoms with E-state index in [1.807, 2.05) is 55.6 Å². The number of anilines is 2. The first-order valence-corrected chi connectivity index (χ1v) is 14.3. The van der Waals surface area contributed by atoms with Gasteiger partial charge in [0.25, 0.3) is 15.9 Å². The molecule has 0 spiro atoms. The fourth-order valence-corrected chi connectivity index (χ4v) is 4.87. The molecule has 1 amide bonds. The maximum Gasteiger partial charge on any atom is 0.264 e. The number of carbonyl (C=O) groups is 1. The molecule has 2 aromatic heterocycles. The third-order valence-corrected chi connectivity index (χ3v) is 7.47. The second-order valence-electron chi connectivity index (χ2n) is 8.20. The van der Waals surface area contributed by atoms with Crippen LogP contribution in [0.2, 0.25) is 0 Å². The minimum absolute atomic E-state index is 0.0177. The van der Waals surface area contributed by atoms with E-state index in [-0.39, 0.29) is 16.8 Å². The van der Waals surface area contributed by atoms with Crippen molar-refractivity contribution < 1.29 is 34.9 Å². The number of benzene rings is 3. The number of rotatable bonds is 6. The highest BCUT2D eigenvalue weighted by atomic mass is 32.3. The first-order chi connectivity index (χ1) is 19.0. The van der Waals surface area contributed by atoms with E-state index >= 15 is 0 Å². The highest BCUT2D eigenvalue weighted by molar-refractivity contribution is 7.92. The molecule has 5 rings (SSSR count). The Morgan fingerprint density at radius 1 is 0.825 bits per heavy atom. The second-order valence-corrected chi connectivity index (χ2v) is 11.0. The summed E-state index contributed by atoms with van der Waals surface area (Å²) in [5.74, 6) is -0.296. The van der Waals surface area contributed by atoms with Crippen molar-refractivity contribution in [3.05, 3.63) is 96.8 Å². The van der Waals surface area contributed by atoms with E-state index in [1.165, 1.54) is 24.5 Å². The third-order valence-electron chi connectivity index (χ3n) is 5.71. The molecule has 0 radical (unpaired) electrons. The van der Waals surface area contributed by atoms with E-state index in [4.69, 9.17) is 0 Å². The van der Waals surface area contributed by atoms with Crippen molar-refractivity contribution in [2.45, 2.75) is 4.90 Å². The first kappa shape index (κ1) is 28.5. The van der Waals surface area contributed by atoms with Crippen LogP contribution in [0.1, 0.15) is 10.4 Å². The van der Waals surface area contributed by atoms with Crippen molar-refractivity contribution in [2.75, 3.05) is 17.1 Å². The van der Waals surface area contributed by atoms with Gasteiger partial charge in [-0.05, 0) is 42.5 Å². The number of hydrogen-bond donors (Lipinski definition) is 2. The Hall–Kier alpha value is -4.50. The van der Waals surface area contributed by atoms with E-state index in [0.29, 0.717) is 11.3 Å². The number of sulfonamides is 1. The minimum atomic E-state index is -4.41. The molecule has 0 aliphatic carbocycles.